The normalized spacial score (nSPS) is 22.6. The van der Waals surface area contributed by atoms with Gasteiger partial charge < -0.3 is 5.73 Å². The Kier molecular flexibility index (Phi) is 3.01. The van der Waals surface area contributed by atoms with E-state index >= 15 is 0 Å². The fourth-order valence-corrected chi connectivity index (χ4v) is 3.17. The van der Waals surface area contributed by atoms with Gasteiger partial charge in [-0.25, -0.2) is 0 Å². The van der Waals surface area contributed by atoms with Crippen LogP contribution in [0.25, 0.3) is 0 Å². The van der Waals surface area contributed by atoms with Gasteiger partial charge in [-0.3, -0.25) is 4.90 Å². The molecule has 2 nitrogen and oxygen atoms in total. The molecule has 1 heterocycles. The number of rotatable bonds is 6. The molecule has 0 amide bonds. The van der Waals surface area contributed by atoms with Crippen LogP contribution in [0.3, 0.4) is 0 Å². The lowest BCUT2D eigenvalue weighted by Gasteiger charge is -2.30. The van der Waals surface area contributed by atoms with E-state index in [2.05, 4.69) is 21.7 Å². The lowest BCUT2D eigenvalue weighted by Crippen LogP contribution is -2.36. The van der Waals surface area contributed by atoms with Crippen LogP contribution in [0.1, 0.15) is 37.3 Å². The highest BCUT2D eigenvalue weighted by Crippen LogP contribution is 2.39. The van der Waals surface area contributed by atoms with E-state index in [1.165, 1.54) is 37.8 Å². The van der Waals surface area contributed by atoms with Gasteiger partial charge in [0, 0.05) is 25.2 Å². The Labute approximate surface area is 101 Å². The Hall–Kier alpha value is -0.380. The van der Waals surface area contributed by atoms with Gasteiger partial charge in [0.15, 0.2) is 0 Å². The lowest BCUT2D eigenvalue weighted by molar-refractivity contribution is 0.183. The van der Waals surface area contributed by atoms with Gasteiger partial charge in [0.1, 0.15) is 0 Å². The van der Waals surface area contributed by atoms with Crippen molar-refractivity contribution in [2.24, 2.45) is 11.7 Å². The molecule has 0 aliphatic heterocycles. The van der Waals surface area contributed by atoms with Crippen molar-refractivity contribution in [2.75, 3.05) is 13.1 Å². The second kappa shape index (κ2) is 4.47. The van der Waals surface area contributed by atoms with Crippen molar-refractivity contribution in [3.8, 4) is 0 Å². The summed E-state index contributed by atoms with van der Waals surface area (Å²) in [5, 5.41) is 4.43. The molecule has 0 bridgehead atoms. The smallest absolute Gasteiger partial charge is 0.0481 e. The van der Waals surface area contributed by atoms with Crippen LogP contribution < -0.4 is 5.73 Å². The minimum Gasteiger partial charge on any atom is -0.329 e. The molecule has 3 heteroatoms. The molecule has 2 saturated carbocycles. The van der Waals surface area contributed by atoms with Crippen LogP contribution >= 0.6 is 11.3 Å². The maximum Gasteiger partial charge on any atom is 0.0481 e. The highest BCUT2D eigenvalue weighted by molar-refractivity contribution is 7.07. The Balaban J connectivity index is 1.73. The fraction of sp³-hybridized carbons (Fsp3) is 0.692. The average Bonchev–Trinajstić information content (AvgIpc) is 3.20. The number of nitrogens with zero attached hydrogens (tertiary/aromatic N) is 1. The maximum absolute atomic E-state index is 5.99. The van der Waals surface area contributed by atoms with Crippen molar-refractivity contribution < 1.29 is 0 Å². The maximum atomic E-state index is 5.99. The molecule has 1 aromatic rings. The van der Waals surface area contributed by atoms with Gasteiger partial charge in [0.25, 0.3) is 0 Å². The third kappa shape index (κ3) is 2.31. The Morgan fingerprint density at radius 3 is 2.69 bits per heavy atom. The van der Waals surface area contributed by atoms with Gasteiger partial charge in [0.05, 0.1) is 0 Å². The first-order valence-electron chi connectivity index (χ1n) is 6.36. The van der Waals surface area contributed by atoms with Crippen molar-refractivity contribution in [2.45, 2.75) is 37.8 Å². The lowest BCUT2D eigenvalue weighted by atomic mass is 10.1. The number of thiophene rings is 1. The fourth-order valence-electron chi connectivity index (χ4n) is 2.46. The third-order valence-corrected chi connectivity index (χ3v) is 4.43. The molecule has 0 aromatic carbocycles. The van der Waals surface area contributed by atoms with Crippen molar-refractivity contribution in [1.29, 1.82) is 0 Å². The Bertz CT molecular complexity index is 328. The molecular formula is C13H20N2S. The summed E-state index contributed by atoms with van der Waals surface area (Å²) in [6.45, 7) is 2.04. The van der Waals surface area contributed by atoms with E-state index in [-0.39, 0.29) is 0 Å². The summed E-state index contributed by atoms with van der Waals surface area (Å²) in [5.41, 5.74) is 7.42. The predicted molar refractivity (Wildman–Crippen MR) is 68.6 cm³/mol. The quantitative estimate of drug-likeness (QED) is 0.822. The van der Waals surface area contributed by atoms with E-state index < -0.39 is 0 Å². The molecule has 2 aliphatic carbocycles. The summed E-state index contributed by atoms with van der Waals surface area (Å²) in [6, 6.07) is 3.54. The second-order valence-corrected chi connectivity index (χ2v) is 5.96. The van der Waals surface area contributed by atoms with Gasteiger partial charge in [-0.2, -0.15) is 11.3 Å². The zero-order chi connectivity index (χ0) is 11.0. The van der Waals surface area contributed by atoms with Crippen LogP contribution in [0.2, 0.25) is 0 Å². The summed E-state index contributed by atoms with van der Waals surface area (Å²) in [4.78, 5) is 2.68. The van der Waals surface area contributed by atoms with E-state index in [1.54, 1.807) is 11.3 Å². The Morgan fingerprint density at radius 1 is 1.38 bits per heavy atom. The molecule has 3 rings (SSSR count). The van der Waals surface area contributed by atoms with Crippen LogP contribution in [0.4, 0.5) is 0 Å². The molecule has 1 atom stereocenters. The molecule has 1 unspecified atom stereocenters. The summed E-state index contributed by atoms with van der Waals surface area (Å²) in [5.74, 6) is 0.966. The van der Waals surface area contributed by atoms with Crippen LogP contribution in [-0.2, 0) is 0 Å². The van der Waals surface area contributed by atoms with Crippen molar-refractivity contribution in [1.82, 2.24) is 4.90 Å². The van der Waals surface area contributed by atoms with Gasteiger partial charge in [-0.05, 0) is 54.0 Å². The predicted octanol–water partition coefficient (Wildman–Crippen LogP) is 2.62. The zero-order valence-corrected chi connectivity index (χ0v) is 10.5. The number of nitrogens with two attached hydrogens (primary N) is 1. The summed E-state index contributed by atoms with van der Waals surface area (Å²) >= 11 is 1.79. The van der Waals surface area contributed by atoms with E-state index in [9.17, 15) is 0 Å². The van der Waals surface area contributed by atoms with Crippen LogP contribution in [-0.4, -0.2) is 24.0 Å². The van der Waals surface area contributed by atoms with Gasteiger partial charge in [0.2, 0.25) is 0 Å². The first-order valence-corrected chi connectivity index (χ1v) is 7.30. The van der Waals surface area contributed by atoms with Crippen molar-refractivity contribution >= 4 is 11.3 Å². The highest BCUT2D eigenvalue weighted by atomic mass is 32.1. The minimum atomic E-state index is 0.472. The molecular weight excluding hydrogens is 216 g/mol. The molecule has 0 spiro atoms. The molecule has 1 aromatic heterocycles. The summed E-state index contributed by atoms with van der Waals surface area (Å²) < 4.78 is 0. The van der Waals surface area contributed by atoms with Crippen LogP contribution in [0.15, 0.2) is 16.8 Å². The van der Waals surface area contributed by atoms with Gasteiger partial charge >= 0.3 is 0 Å². The van der Waals surface area contributed by atoms with Crippen molar-refractivity contribution in [3.63, 3.8) is 0 Å². The second-order valence-electron chi connectivity index (χ2n) is 5.18. The Morgan fingerprint density at radius 2 is 2.19 bits per heavy atom. The van der Waals surface area contributed by atoms with E-state index in [0.717, 1.165) is 18.5 Å². The van der Waals surface area contributed by atoms with Gasteiger partial charge in [-0.15, -0.1) is 0 Å². The molecule has 16 heavy (non-hydrogen) atoms. The van der Waals surface area contributed by atoms with Crippen LogP contribution in [0, 0.1) is 5.92 Å². The van der Waals surface area contributed by atoms with Gasteiger partial charge in [-0.1, -0.05) is 0 Å². The monoisotopic (exact) mass is 236 g/mol. The zero-order valence-electron chi connectivity index (χ0n) is 9.64. The molecule has 88 valence electrons. The molecule has 2 fully saturated rings. The molecule has 0 radical (unpaired) electrons. The number of hydrogen-bond donors (Lipinski definition) is 1. The van der Waals surface area contributed by atoms with E-state index in [0.29, 0.717) is 6.04 Å². The molecule has 2 aliphatic rings. The third-order valence-electron chi connectivity index (χ3n) is 3.73. The van der Waals surface area contributed by atoms with Crippen molar-refractivity contribution in [3.05, 3.63) is 22.4 Å². The molecule has 2 N–H and O–H groups in total. The largest absolute Gasteiger partial charge is 0.329 e. The van der Waals surface area contributed by atoms with Crippen LogP contribution in [0.5, 0.6) is 0 Å². The van der Waals surface area contributed by atoms with E-state index in [1.807, 2.05) is 0 Å². The summed E-state index contributed by atoms with van der Waals surface area (Å²) in [6.07, 6.45) is 5.63. The standard InChI is InChI=1S/C13H20N2S/c14-7-13(11-5-6-16-9-11)15(12-3-4-12)8-10-1-2-10/h5-6,9-10,12-13H,1-4,7-8,14H2. The SMILES string of the molecule is NCC(c1ccsc1)N(CC1CC1)C1CC1. The minimum absolute atomic E-state index is 0.472. The molecule has 0 saturated heterocycles. The average molecular weight is 236 g/mol. The highest BCUT2D eigenvalue weighted by Gasteiger charge is 2.37. The van der Waals surface area contributed by atoms with E-state index in [4.69, 9.17) is 5.73 Å². The topological polar surface area (TPSA) is 29.3 Å². The first-order chi connectivity index (χ1) is 7.88. The first kappa shape index (κ1) is 10.8. The number of hydrogen-bond acceptors (Lipinski definition) is 3. The summed E-state index contributed by atoms with van der Waals surface area (Å²) in [7, 11) is 0.